The highest BCUT2D eigenvalue weighted by Gasteiger charge is 2.27. The molecule has 40 heavy (non-hydrogen) atoms. The van der Waals surface area contributed by atoms with Crippen molar-refractivity contribution < 1.29 is 33.3 Å². The first-order valence-electron chi connectivity index (χ1n) is 12.7. The fraction of sp³-hybridized carbons (Fsp3) is 0.333. The number of hydrogen-bond acceptors (Lipinski definition) is 7. The Morgan fingerprint density at radius 2 is 1.77 bits per heavy atom. The van der Waals surface area contributed by atoms with Crippen LogP contribution in [-0.2, 0) is 27.3 Å². The number of methoxy groups -OCH3 is 1. The van der Waals surface area contributed by atoms with Gasteiger partial charge in [0.15, 0.2) is 17.6 Å². The second-order valence-electron chi connectivity index (χ2n) is 10.2. The minimum absolute atomic E-state index is 0.185. The van der Waals surface area contributed by atoms with Gasteiger partial charge in [-0.25, -0.2) is 9.59 Å². The Labute approximate surface area is 243 Å². The molecule has 0 bridgehead atoms. The van der Waals surface area contributed by atoms with Gasteiger partial charge in [-0.05, 0) is 73.9 Å². The van der Waals surface area contributed by atoms with Crippen molar-refractivity contribution in [3.05, 3.63) is 87.4 Å². The van der Waals surface area contributed by atoms with Crippen LogP contribution < -0.4 is 19.5 Å². The maximum atomic E-state index is 12.3. The van der Waals surface area contributed by atoms with Crippen LogP contribution in [-0.4, -0.2) is 37.4 Å². The third kappa shape index (κ3) is 7.96. The highest BCUT2D eigenvalue weighted by Crippen LogP contribution is 2.38. The molecule has 1 heterocycles. The molecular formula is C30H31Cl2NO7. The Kier molecular flexibility index (Phi) is 9.32. The van der Waals surface area contributed by atoms with Gasteiger partial charge in [-0.1, -0.05) is 47.5 Å². The largest absolute Gasteiger partial charge is 0.489 e. The summed E-state index contributed by atoms with van der Waals surface area (Å²) in [7, 11) is 1.27. The number of hydrogen-bond donors (Lipinski definition) is 1. The second kappa shape index (κ2) is 12.7. The molecule has 4 rings (SSSR count). The summed E-state index contributed by atoms with van der Waals surface area (Å²) in [6.07, 6.45) is -0.862. The fourth-order valence-corrected chi connectivity index (χ4v) is 4.35. The van der Waals surface area contributed by atoms with Crippen molar-refractivity contribution in [1.29, 1.82) is 0 Å². The van der Waals surface area contributed by atoms with Gasteiger partial charge in [0.05, 0.1) is 17.2 Å². The van der Waals surface area contributed by atoms with Gasteiger partial charge in [-0.3, -0.25) is 0 Å². The van der Waals surface area contributed by atoms with E-state index in [1.54, 1.807) is 45.0 Å². The lowest BCUT2D eigenvalue weighted by atomic mass is 10.0. The van der Waals surface area contributed by atoms with Crippen LogP contribution in [0.2, 0.25) is 10.0 Å². The first-order valence-corrected chi connectivity index (χ1v) is 13.4. The lowest BCUT2D eigenvalue weighted by molar-refractivity contribution is -0.143. The summed E-state index contributed by atoms with van der Waals surface area (Å²) >= 11 is 12.1. The summed E-state index contributed by atoms with van der Waals surface area (Å²) in [6.45, 7) is 5.85. The third-order valence-electron chi connectivity index (χ3n) is 5.90. The zero-order valence-corrected chi connectivity index (χ0v) is 24.2. The highest BCUT2D eigenvalue weighted by molar-refractivity contribution is 6.42. The number of alkyl carbamates (subject to hydrolysis) is 1. The van der Waals surface area contributed by atoms with Crippen molar-refractivity contribution in [1.82, 2.24) is 5.32 Å². The normalized spacial score (nSPS) is 15.1. The molecule has 3 aromatic rings. The van der Waals surface area contributed by atoms with E-state index < -0.39 is 23.7 Å². The van der Waals surface area contributed by atoms with Crippen LogP contribution in [0.5, 0.6) is 17.2 Å². The predicted octanol–water partition coefficient (Wildman–Crippen LogP) is 6.69. The van der Waals surface area contributed by atoms with Crippen LogP contribution in [0.15, 0.2) is 60.7 Å². The number of fused-ring (bicyclic) bond motifs is 1. The van der Waals surface area contributed by atoms with Crippen molar-refractivity contribution in [3.63, 3.8) is 0 Å². The lowest BCUT2D eigenvalue weighted by Gasteiger charge is -2.28. The van der Waals surface area contributed by atoms with Gasteiger partial charge >= 0.3 is 12.1 Å². The number of benzene rings is 3. The van der Waals surface area contributed by atoms with Gasteiger partial charge in [0, 0.05) is 6.42 Å². The summed E-state index contributed by atoms with van der Waals surface area (Å²) < 4.78 is 28.3. The quantitative estimate of drug-likeness (QED) is 0.293. The molecule has 2 atom stereocenters. The number of nitrogens with one attached hydrogen (secondary N) is 1. The van der Waals surface area contributed by atoms with Crippen molar-refractivity contribution in [3.8, 4) is 17.2 Å². The molecule has 8 nitrogen and oxygen atoms in total. The minimum atomic E-state index is -0.929. The highest BCUT2D eigenvalue weighted by atomic mass is 35.5. The number of esters is 1. The van der Waals surface area contributed by atoms with Gasteiger partial charge in [0.2, 0.25) is 0 Å². The van der Waals surface area contributed by atoms with Gasteiger partial charge in [-0.15, -0.1) is 0 Å². The van der Waals surface area contributed by atoms with Gasteiger partial charge < -0.3 is 29.0 Å². The number of halogens is 2. The van der Waals surface area contributed by atoms with Gasteiger partial charge in [-0.2, -0.15) is 0 Å². The molecule has 1 amide bonds. The van der Waals surface area contributed by atoms with E-state index in [4.69, 9.17) is 46.9 Å². The van der Waals surface area contributed by atoms with E-state index in [-0.39, 0.29) is 19.1 Å². The molecule has 3 aromatic carbocycles. The molecule has 0 radical (unpaired) electrons. The van der Waals surface area contributed by atoms with E-state index in [0.29, 0.717) is 33.9 Å². The number of carbonyl (C=O) groups is 2. The van der Waals surface area contributed by atoms with E-state index in [1.165, 1.54) is 7.11 Å². The monoisotopic (exact) mass is 587 g/mol. The Bertz CT molecular complexity index is 1370. The Hall–Kier alpha value is -3.62. The first-order chi connectivity index (χ1) is 19.0. The molecule has 0 saturated heterocycles. The molecule has 0 saturated carbocycles. The predicted molar refractivity (Wildman–Crippen MR) is 151 cm³/mol. The van der Waals surface area contributed by atoms with E-state index >= 15 is 0 Å². The van der Waals surface area contributed by atoms with Crippen molar-refractivity contribution in [2.45, 2.75) is 51.5 Å². The van der Waals surface area contributed by atoms with Crippen LogP contribution in [0.4, 0.5) is 4.79 Å². The Morgan fingerprint density at radius 3 is 2.50 bits per heavy atom. The van der Waals surface area contributed by atoms with E-state index in [2.05, 4.69) is 5.32 Å². The van der Waals surface area contributed by atoms with Crippen molar-refractivity contribution >= 4 is 35.3 Å². The molecule has 2 unspecified atom stereocenters. The summed E-state index contributed by atoms with van der Waals surface area (Å²) in [5.74, 6) is 1.21. The summed E-state index contributed by atoms with van der Waals surface area (Å²) in [4.78, 5) is 24.6. The Morgan fingerprint density at radius 1 is 1.00 bits per heavy atom. The average molecular weight is 588 g/mol. The summed E-state index contributed by atoms with van der Waals surface area (Å²) in [6, 6.07) is 17.5. The summed E-state index contributed by atoms with van der Waals surface area (Å²) in [5, 5.41) is 3.55. The molecular weight excluding hydrogens is 557 g/mol. The number of rotatable bonds is 8. The average Bonchev–Trinajstić information content (AvgIpc) is 2.91. The van der Waals surface area contributed by atoms with Crippen LogP contribution in [0, 0.1) is 0 Å². The number of carbonyl (C=O) groups excluding carboxylic acids is 2. The second-order valence-corrected chi connectivity index (χ2v) is 11.0. The third-order valence-corrected chi connectivity index (χ3v) is 6.64. The molecule has 10 heteroatoms. The molecule has 0 spiro atoms. The van der Waals surface area contributed by atoms with E-state index in [9.17, 15) is 9.59 Å². The van der Waals surface area contributed by atoms with Crippen molar-refractivity contribution in [2.75, 3.05) is 13.7 Å². The maximum Gasteiger partial charge on any atom is 0.408 e. The summed E-state index contributed by atoms with van der Waals surface area (Å²) in [5.41, 5.74) is 1.85. The van der Waals surface area contributed by atoms with Gasteiger partial charge in [0.1, 0.15) is 30.6 Å². The molecule has 1 N–H and O–H groups in total. The van der Waals surface area contributed by atoms with E-state index in [0.717, 1.165) is 16.7 Å². The molecule has 0 aliphatic carbocycles. The van der Waals surface area contributed by atoms with Crippen LogP contribution in [0.1, 0.15) is 43.6 Å². The maximum absolute atomic E-state index is 12.3. The van der Waals surface area contributed by atoms with Gasteiger partial charge in [0.25, 0.3) is 0 Å². The van der Waals surface area contributed by atoms with E-state index in [1.807, 2.05) is 36.4 Å². The lowest BCUT2D eigenvalue weighted by Crippen LogP contribution is -2.45. The first kappa shape index (κ1) is 29.4. The SMILES string of the molecule is COC(=O)C(Cc1ccc2c(c1)OCC(c1cccc(OCc3ccc(Cl)c(Cl)c3)c1)O2)NC(=O)OC(C)(C)C. The van der Waals surface area contributed by atoms with Crippen LogP contribution in [0.25, 0.3) is 0 Å². The standard InChI is InChI=1S/C30H31Cl2NO7/c1-30(2,3)40-29(35)33-24(28(34)36-4)13-18-9-11-25-26(14-18)38-17-27(39-25)20-6-5-7-21(15-20)37-16-19-8-10-22(31)23(32)12-19/h5-12,14-15,24,27H,13,16-17H2,1-4H3,(H,33,35). The van der Waals surface area contributed by atoms with Crippen LogP contribution in [0.3, 0.4) is 0 Å². The number of amides is 1. The molecule has 212 valence electrons. The molecule has 1 aliphatic rings. The zero-order chi connectivity index (χ0) is 28.9. The van der Waals surface area contributed by atoms with Crippen LogP contribution >= 0.6 is 23.2 Å². The molecule has 0 fully saturated rings. The fourth-order valence-electron chi connectivity index (χ4n) is 4.03. The Balaban J connectivity index is 1.40. The topological polar surface area (TPSA) is 92.3 Å². The number of ether oxygens (including phenoxy) is 5. The smallest absolute Gasteiger partial charge is 0.408 e. The molecule has 0 aromatic heterocycles. The molecule has 1 aliphatic heterocycles. The minimum Gasteiger partial charge on any atom is -0.489 e. The van der Waals surface area contributed by atoms with Crippen molar-refractivity contribution in [2.24, 2.45) is 0 Å². The zero-order valence-electron chi connectivity index (χ0n) is 22.7.